The van der Waals surface area contributed by atoms with Crippen LogP contribution in [0.25, 0.3) is 22.0 Å². The molecule has 0 atom stereocenters. The van der Waals surface area contributed by atoms with Crippen LogP contribution in [0.1, 0.15) is 30.5 Å². The molecular formula is C23H23N5O4S2. The van der Waals surface area contributed by atoms with Crippen LogP contribution in [0.2, 0.25) is 0 Å². The lowest BCUT2D eigenvalue weighted by Crippen LogP contribution is -2.17. The normalized spacial score (nSPS) is 10.8. The van der Waals surface area contributed by atoms with Gasteiger partial charge in [-0.15, -0.1) is 22.7 Å². The Bertz CT molecular complexity index is 1260. The van der Waals surface area contributed by atoms with Gasteiger partial charge in [-0.1, -0.05) is 5.16 Å². The summed E-state index contributed by atoms with van der Waals surface area (Å²) in [5.41, 5.74) is 1.64. The van der Waals surface area contributed by atoms with E-state index in [9.17, 15) is 9.59 Å². The fourth-order valence-electron chi connectivity index (χ4n) is 3.06. The molecule has 176 valence electrons. The summed E-state index contributed by atoms with van der Waals surface area (Å²) in [5, 5.41) is 12.1. The first-order chi connectivity index (χ1) is 16.5. The Labute approximate surface area is 204 Å². The Morgan fingerprint density at radius 2 is 1.94 bits per heavy atom. The van der Waals surface area contributed by atoms with Gasteiger partial charge in [0.15, 0.2) is 5.13 Å². The quantitative estimate of drug-likeness (QED) is 0.330. The van der Waals surface area contributed by atoms with Crippen molar-refractivity contribution in [3.63, 3.8) is 0 Å². The van der Waals surface area contributed by atoms with E-state index in [2.05, 4.69) is 25.8 Å². The first-order valence-corrected chi connectivity index (χ1v) is 12.3. The van der Waals surface area contributed by atoms with Gasteiger partial charge in [-0.25, -0.2) is 4.98 Å². The number of anilines is 1. The first kappa shape index (κ1) is 23.6. The van der Waals surface area contributed by atoms with Crippen molar-refractivity contribution >= 4 is 39.6 Å². The Kier molecular flexibility index (Phi) is 7.65. The zero-order chi connectivity index (χ0) is 23.9. The molecule has 1 aromatic carbocycles. The number of hydrogen-bond acceptors (Lipinski definition) is 9. The van der Waals surface area contributed by atoms with E-state index in [0.29, 0.717) is 42.7 Å². The number of amides is 2. The largest absolute Gasteiger partial charge is 0.497 e. The second-order valence-corrected chi connectivity index (χ2v) is 9.38. The van der Waals surface area contributed by atoms with E-state index in [0.717, 1.165) is 26.8 Å². The summed E-state index contributed by atoms with van der Waals surface area (Å²) in [7, 11) is 1.61. The number of aryl methyl sites for hydroxylation is 1. The Morgan fingerprint density at radius 3 is 2.71 bits per heavy atom. The smallest absolute Gasteiger partial charge is 0.226 e. The lowest BCUT2D eigenvalue weighted by atomic mass is 10.2. The minimum atomic E-state index is -0.117. The molecule has 0 saturated carbocycles. The van der Waals surface area contributed by atoms with E-state index >= 15 is 0 Å². The predicted octanol–water partition coefficient (Wildman–Crippen LogP) is 4.53. The van der Waals surface area contributed by atoms with Crippen molar-refractivity contribution in [1.82, 2.24) is 20.4 Å². The van der Waals surface area contributed by atoms with E-state index in [1.54, 1.807) is 18.4 Å². The Hall–Kier alpha value is -3.57. The van der Waals surface area contributed by atoms with Crippen molar-refractivity contribution in [3.8, 4) is 27.7 Å². The molecule has 2 amide bonds. The second kappa shape index (κ2) is 11.0. The van der Waals surface area contributed by atoms with Crippen molar-refractivity contribution in [2.24, 2.45) is 0 Å². The van der Waals surface area contributed by atoms with Crippen LogP contribution in [0, 0.1) is 0 Å². The van der Waals surface area contributed by atoms with Crippen LogP contribution >= 0.6 is 22.7 Å². The molecule has 3 aromatic heterocycles. The van der Waals surface area contributed by atoms with Crippen LogP contribution in [0.3, 0.4) is 0 Å². The highest BCUT2D eigenvalue weighted by atomic mass is 32.1. The maximum atomic E-state index is 12.3. The summed E-state index contributed by atoms with van der Waals surface area (Å²) >= 11 is 2.94. The number of rotatable bonds is 10. The van der Waals surface area contributed by atoms with Gasteiger partial charge in [0.25, 0.3) is 0 Å². The van der Waals surface area contributed by atoms with E-state index in [-0.39, 0.29) is 11.8 Å². The van der Waals surface area contributed by atoms with Crippen molar-refractivity contribution in [3.05, 3.63) is 52.5 Å². The molecule has 4 aromatic rings. The number of thiazole rings is 1. The van der Waals surface area contributed by atoms with E-state index in [4.69, 9.17) is 9.26 Å². The highest BCUT2D eigenvalue weighted by molar-refractivity contribution is 7.17. The molecule has 0 aliphatic heterocycles. The number of carbonyl (C=O) groups is 2. The monoisotopic (exact) mass is 497 g/mol. The molecule has 0 fully saturated rings. The van der Waals surface area contributed by atoms with Crippen molar-refractivity contribution in [2.75, 3.05) is 12.4 Å². The van der Waals surface area contributed by atoms with Crippen LogP contribution in [0.5, 0.6) is 5.75 Å². The van der Waals surface area contributed by atoms with Crippen LogP contribution in [0.4, 0.5) is 5.13 Å². The number of thiophene rings is 1. The second-order valence-electron chi connectivity index (χ2n) is 7.36. The molecule has 34 heavy (non-hydrogen) atoms. The number of nitrogens with zero attached hydrogens (tertiary/aromatic N) is 3. The summed E-state index contributed by atoms with van der Waals surface area (Å²) in [4.78, 5) is 34.3. The molecule has 0 bridgehead atoms. The number of nitrogens with one attached hydrogen (secondary N) is 2. The van der Waals surface area contributed by atoms with Gasteiger partial charge >= 0.3 is 0 Å². The summed E-state index contributed by atoms with van der Waals surface area (Å²) < 4.78 is 10.5. The molecule has 0 spiro atoms. The van der Waals surface area contributed by atoms with E-state index in [1.807, 2.05) is 41.8 Å². The number of carbonyl (C=O) groups excluding carboxylic acids is 2. The molecule has 2 N–H and O–H groups in total. The number of benzene rings is 1. The predicted molar refractivity (Wildman–Crippen MR) is 131 cm³/mol. The van der Waals surface area contributed by atoms with E-state index in [1.165, 1.54) is 18.3 Å². The number of hydrogen-bond donors (Lipinski definition) is 2. The standard InChI is InChI=1S/C23H23N5O4S2/c1-14(29)24-12-17-10-11-19(34-17)18-13-33-23(25-18)26-20(30)4-3-5-21-27-22(28-32-21)15-6-8-16(31-2)9-7-15/h6-11,13H,3-5,12H2,1-2H3,(H,24,29)(H,25,26,30). The Balaban J connectivity index is 1.24. The highest BCUT2D eigenvalue weighted by Crippen LogP contribution is 2.31. The minimum Gasteiger partial charge on any atom is -0.497 e. The lowest BCUT2D eigenvalue weighted by molar-refractivity contribution is -0.119. The van der Waals surface area contributed by atoms with Gasteiger partial charge in [-0.2, -0.15) is 4.98 Å². The molecule has 0 saturated heterocycles. The van der Waals surface area contributed by atoms with Crippen molar-refractivity contribution in [1.29, 1.82) is 0 Å². The molecule has 4 rings (SSSR count). The molecule has 0 unspecified atom stereocenters. The third kappa shape index (κ3) is 6.27. The molecular weight excluding hydrogens is 474 g/mol. The van der Waals surface area contributed by atoms with Gasteiger partial charge < -0.3 is 19.9 Å². The maximum Gasteiger partial charge on any atom is 0.226 e. The fourth-order valence-corrected chi connectivity index (χ4v) is 4.77. The molecule has 11 heteroatoms. The lowest BCUT2D eigenvalue weighted by Gasteiger charge is -2.00. The first-order valence-electron chi connectivity index (χ1n) is 10.6. The molecule has 9 nitrogen and oxygen atoms in total. The SMILES string of the molecule is COc1ccc(-c2noc(CCCC(=O)Nc3nc(-c4ccc(CNC(C)=O)s4)cs3)n2)cc1. The highest BCUT2D eigenvalue weighted by Gasteiger charge is 2.12. The van der Waals surface area contributed by atoms with Crippen LogP contribution in [-0.4, -0.2) is 34.0 Å². The number of methoxy groups -OCH3 is 1. The van der Waals surface area contributed by atoms with Gasteiger partial charge in [0, 0.05) is 35.6 Å². The third-order valence-electron chi connectivity index (χ3n) is 4.79. The summed E-state index contributed by atoms with van der Waals surface area (Å²) in [6, 6.07) is 11.3. The van der Waals surface area contributed by atoms with Gasteiger partial charge in [-0.3, -0.25) is 9.59 Å². The third-order valence-corrected chi connectivity index (χ3v) is 6.65. The average Bonchev–Trinajstić information content (AvgIpc) is 3.59. The van der Waals surface area contributed by atoms with Gasteiger partial charge in [0.1, 0.15) is 5.75 Å². The van der Waals surface area contributed by atoms with Crippen molar-refractivity contribution in [2.45, 2.75) is 32.7 Å². The maximum absolute atomic E-state index is 12.3. The van der Waals surface area contributed by atoms with Crippen LogP contribution in [0.15, 0.2) is 46.3 Å². The van der Waals surface area contributed by atoms with Crippen LogP contribution in [-0.2, 0) is 22.6 Å². The number of aromatic nitrogens is 3. The Morgan fingerprint density at radius 1 is 1.12 bits per heavy atom. The van der Waals surface area contributed by atoms with Crippen LogP contribution < -0.4 is 15.4 Å². The van der Waals surface area contributed by atoms with Crippen molar-refractivity contribution < 1.29 is 18.8 Å². The molecule has 3 heterocycles. The molecule has 0 aliphatic rings. The van der Waals surface area contributed by atoms with Gasteiger partial charge in [0.05, 0.1) is 24.2 Å². The minimum absolute atomic E-state index is 0.0645. The zero-order valence-corrected chi connectivity index (χ0v) is 20.3. The summed E-state index contributed by atoms with van der Waals surface area (Å²) in [6.45, 7) is 1.99. The average molecular weight is 498 g/mol. The number of ether oxygens (including phenoxy) is 1. The zero-order valence-electron chi connectivity index (χ0n) is 18.7. The van der Waals surface area contributed by atoms with Gasteiger partial charge in [-0.05, 0) is 42.8 Å². The summed E-state index contributed by atoms with van der Waals surface area (Å²) in [5.74, 6) is 1.57. The van der Waals surface area contributed by atoms with Gasteiger partial charge in [0.2, 0.25) is 23.5 Å². The molecule has 0 radical (unpaired) electrons. The fraction of sp³-hybridized carbons (Fsp3) is 0.261. The topological polar surface area (TPSA) is 119 Å². The molecule has 0 aliphatic carbocycles. The summed E-state index contributed by atoms with van der Waals surface area (Å²) in [6.07, 6.45) is 1.40. The van der Waals surface area contributed by atoms with E-state index < -0.39 is 0 Å².